The van der Waals surface area contributed by atoms with Crippen LogP contribution >= 0.6 is 12.2 Å². The highest BCUT2D eigenvalue weighted by Crippen LogP contribution is 2.20. The van der Waals surface area contributed by atoms with Gasteiger partial charge in [0.1, 0.15) is 4.99 Å². The molecule has 0 radical (unpaired) electrons. The Morgan fingerprint density at radius 1 is 1.26 bits per heavy atom. The minimum Gasteiger partial charge on any atom is -0.389 e. The van der Waals surface area contributed by atoms with Gasteiger partial charge in [-0.25, -0.2) is 8.42 Å². The molecule has 0 atom stereocenters. The highest BCUT2D eigenvalue weighted by atomic mass is 32.2. The molecule has 0 fully saturated rings. The van der Waals surface area contributed by atoms with Gasteiger partial charge in [-0.2, -0.15) is 0 Å². The first kappa shape index (κ1) is 15.9. The fourth-order valence-electron chi connectivity index (χ4n) is 1.37. The average molecular weight is 300 g/mol. The Hall–Kier alpha value is -1.14. The number of sulfonamides is 1. The van der Waals surface area contributed by atoms with E-state index in [1.165, 1.54) is 0 Å². The molecule has 19 heavy (non-hydrogen) atoms. The first-order valence-electron chi connectivity index (χ1n) is 5.99. The maximum absolute atomic E-state index is 11.9. The van der Waals surface area contributed by atoms with Gasteiger partial charge in [-0.1, -0.05) is 33.0 Å². The molecule has 0 aliphatic carbocycles. The second-order valence-corrected chi connectivity index (χ2v) is 7.95. The van der Waals surface area contributed by atoms with Crippen molar-refractivity contribution in [1.29, 1.82) is 0 Å². The van der Waals surface area contributed by atoms with Crippen molar-refractivity contribution in [3.8, 4) is 0 Å². The van der Waals surface area contributed by atoms with Crippen LogP contribution in [0, 0.1) is 5.41 Å². The summed E-state index contributed by atoms with van der Waals surface area (Å²) in [6.07, 6.45) is 0.604. The molecule has 4 nitrogen and oxygen atoms in total. The molecule has 1 aromatic carbocycles. The summed E-state index contributed by atoms with van der Waals surface area (Å²) in [6.45, 7) is 6.04. The third kappa shape index (κ3) is 6.02. The van der Waals surface area contributed by atoms with Gasteiger partial charge in [-0.3, -0.25) is 4.72 Å². The molecule has 6 heteroatoms. The number of thiocarbonyl (C=S) groups is 1. The number of hydrogen-bond donors (Lipinski definition) is 2. The Labute approximate surface area is 120 Å². The zero-order chi connectivity index (χ0) is 14.7. The van der Waals surface area contributed by atoms with Gasteiger partial charge in [-0.15, -0.1) is 0 Å². The fourth-order valence-corrected chi connectivity index (χ4v) is 2.99. The predicted molar refractivity (Wildman–Crippen MR) is 83.8 cm³/mol. The van der Waals surface area contributed by atoms with Crippen molar-refractivity contribution >= 4 is 32.9 Å². The van der Waals surface area contributed by atoms with Crippen LogP contribution in [0.15, 0.2) is 24.3 Å². The first-order chi connectivity index (χ1) is 8.59. The molecule has 0 heterocycles. The van der Waals surface area contributed by atoms with E-state index in [0.717, 1.165) is 0 Å². The average Bonchev–Trinajstić information content (AvgIpc) is 2.26. The van der Waals surface area contributed by atoms with Gasteiger partial charge in [-0.05, 0) is 36.1 Å². The lowest BCUT2D eigenvalue weighted by Crippen LogP contribution is -2.21. The monoisotopic (exact) mass is 300 g/mol. The highest BCUT2D eigenvalue weighted by molar-refractivity contribution is 7.92. The smallest absolute Gasteiger partial charge is 0.232 e. The van der Waals surface area contributed by atoms with E-state index in [4.69, 9.17) is 18.0 Å². The van der Waals surface area contributed by atoms with E-state index in [1.54, 1.807) is 24.3 Å². The van der Waals surface area contributed by atoms with Crippen LogP contribution in [-0.4, -0.2) is 19.2 Å². The number of anilines is 1. The molecule has 0 saturated carbocycles. The Morgan fingerprint density at radius 2 is 1.79 bits per heavy atom. The van der Waals surface area contributed by atoms with Crippen LogP contribution in [0.5, 0.6) is 0 Å². The lowest BCUT2D eigenvalue weighted by atomic mass is 9.94. The summed E-state index contributed by atoms with van der Waals surface area (Å²) >= 11 is 4.84. The van der Waals surface area contributed by atoms with Gasteiger partial charge in [0, 0.05) is 11.3 Å². The standard InChI is InChI=1S/C13H20N2O2S2/c1-13(2,3)8-9-19(16,17)15-11-6-4-10(5-7-11)12(14)18/h4-7,15H,8-9H2,1-3H3,(H2,14,18). The molecule has 0 bridgehead atoms. The first-order valence-corrected chi connectivity index (χ1v) is 8.05. The van der Waals surface area contributed by atoms with Gasteiger partial charge in [0.25, 0.3) is 0 Å². The van der Waals surface area contributed by atoms with E-state index in [9.17, 15) is 8.42 Å². The van der Waals surface area contributed by atoms with Crippen molar-refractivity contribution in [2.45, 2.75) is 27.2 Å². The molecule has 3 N–H and O–H groups in total. The van der Waals surface area contributed by atoms with Crippen LogP contribution in [0.25, 0.3) is 0 Å². The summed E-state index contributed by atoms with van der Waals surface area (Å²) in [5.74, 6) is 0.105. The van der Waals surface area contributed by atoms with Crippen molar-refractivity contribution in [3.05, 3.63) is 29.8 Å². The maximum atomic E-state index is 11.9. The molecular weight excluding hydrogens is 280 g/mol. The molecule has 1 rings (SSSR count). The molecule has 0 aliphatic heterocycles. The van der Waals surface area contributed by atoms with Crippen molar-refractivity contribution < 1.29 is 8.42 Å². The number of benzene rings is 1. The molecule has 106 valence electrons. The lowest BCUT2D eigenvalue weighted by Gasteiger charge is -2.18. The maximum Gasteiger partial charge on any atom is 0.232 e. The predicted octanol–water partition coefficient (Wildman–Crippen LogP) is 2.50. The topological polar surface area (TPSA) is 72.2 Å². The van der Waals surface area contributed by atoms with Crippen LogP contribution in [0.2, 0.25) is 0 Å². The van der Waals surface area contributed by atoms with Crippen molar-refractivity contribution in [2.75, 3.05) is 10.5 Å². The van der Waals surface area contributed by atoms with E-state index in [0.29, 0.717) is 22.7 Å². The highest BCUT2D eigenvalue weighted by Gasteiger charge is 2.17. The third-order valence-electron chi connectivity index (χ3n) is 2.56. The summed E-state index contributed by atoms with van der Waals surface area (Å²) < 4.78 is 26.4. The third-order valence-corrected chi connectivity index (χ3v) is 4.09. The Kier molecular flexibility index (Phi) is 4.92. The van der Waals surface area contributed by atoms with E-state index in [2.05, 4.69) is 4.72 Å². The molecule has 1 aromatic rings. The van der Waals surface area contributed by atoms with Gasteiger partial charge < -0.3 is 5.73 Å². The van der Waals surface area contributed by atoms with Crippen LogP contribution in [0.1, 0.15) is 32.8 Å². The molecule has 0 spiro atoms. The summed E-state index contributed by atoms with van der Waals surface area (Å²) in [5.41, 5.74) is 6.71. The molecule has 0 aromatic heterocycles. The van der Waals surface area contributed by atoms with Crippen LogP contribution in [0.4, 0.5) is 5.69 Å². The summed E-state index contributed by atoms with van der Waals surface area (Å²) in [5, 5.41) is 0. The van der Waals surface area contributed by atoms with Crippen molar-refractivity contribution in [3.63, 3.8) is 0 Å². The Bertz CT molecular complexity index is 543. The van der Waals surface area contributed by atoms with E-state index >= 15 is 0 Å². The van der Waals surface area contributed by atoms with E-state index in [-0.39, 0.29) is 11.2 Å². The lowest BCUT2D eigenvalue weighted by molar-refractivity contribution is 0.397. The van der Waals surface area contributed by atoms with Gasteiger partial charge >= 0.3 is 0 Å². The number of hydrogen-bond acceptors (Lipinski definition) is 3. The number of nitrogens with two attached hydrogens (primary N) is 1. The SMILES string of the molecule is CC(C)(C)CCS(=O)(=O)Nc1ccc(C(N)=S)cc1. The fraction of sp³-hybridized carbons (Fsp3) is 0.462. The zero-order valence-electron chi connectivity index (χ0n) is 11.4. The van der Waals surface area contributed by atoms with Gasteiger partial charge in [0.15, 0.2) is 0 Å². The molecule has 0 amide bonds. The van der Waals surface area contributed by atoms with Crippen molar-refractivity contribution in [1.82, 2.24) is 0 Å². The quantitative estimate of drug-likeness (QED) is 0.820. The zero-order valence-corrected chi connectivity index (χ0v) is 13.1. The second kappa shape index (κ2) is 5.88. The largest absolute Gasteiger partial charge is 0.389 e. The van der Waals surface area contributed by atoms with E-state index < -0.39 is 10.0 Å². The summed E-state index contributed by atoms with van der Waals surface area (Å²) in [6, 6.07) is 6.71. The normalized spacial score (nSPS) is 12.2. The Morgan fingerprint density at radius 3 is 2.21 bits per heavy atom. The van der Waals surface area contributed by atoms with E-state index in [1.807, 2.05) is 20.8 Å². The van der Waals surface area contributed by atoms with Crippen LogP contribution in [0.3, 0.4) is 0 Å². The van der Waals surface area contributed by atoms with Gasteiger partial charge in [0.05, 0.1) is 5.75 Å². The summed E-state index contributed by atoms with van der Waals surface area (Å²) in [7, 11) is -3.32. The molecule has 0 saturated heterocycles. The number of nitrogens with one attached hydrogen (secondary N) is 1. The second-order valence-electron chi connectivity index (χ2n) is 5.67. The molecule has 0 unspecified atom stereocenters. The van der Waals surface area contributed by atoms with Crippen molar-refractivity contribution in [2.24, 2.45) is 11.1 Å². The summed E-state index contributed by atoms with van der Waals surface area (Å²) in [4.78, 5) is 0.294. The van der Waals surface area contributed by atoms with Gasteiger partial charge in [0.2, 0.25) is 10.0 Å². The van der Waals surface area contributed by atoms with Crippen LogP contribution < -0.4 is 10.5 Å². The minimum absolute atomic E-state index is 0.00958. The van der Waals surface area contributed by atoms with Crippen LogP contribution in [-0.2, 0) is 10.0 Å². The number of rotatable bonds is 5. The molecule has 0 aliphatic rings. The Balaban J connectivity index is 2.70. The minimum atomic E-state index is -3.32. The molecular formula is C13H20N2O2S2.